The lowest BCUT2D eigenvalue weighted by atomic mass is 10.0. The van der Waals surface area contributed by atoms with Crippen LogP contribution in [0, 0.1) is 20.8 Å². The zero-order valence-electron chi connectivity index (χ0n) is 10.1. The number of hydrogen-bond donors (Lipinski definition) is 0. The maximum Gasteiger partial charge on any atom is 0.234 e. The van der Waals surface area contributed by atoms with Gasteiger partial charge in [0.15, 0.2) is 0 Å². The van der Waals surface area contributed by atoms with Crippen molar-refractivity contribution in [1.82, 2.24) is 0 Å². The Morgan fingerprint density at radius 1 is 1.20 bits per heavy atom. The number of fused-ring (bicyclic) bond motifs is 1. The summed E-state index contributed by atoms with van der Waals surface area (Å²) in [6.45, 7) is 8.90. The first-order chi connectivity index (χ1) is 7.06. The van der Waals surface area contributed by atoms with Gasteiger partial charge in [0.1, 0.15) is 11.7 Å². The molecule has 0 aliphatic heterocycles. The summed E-state index contributed by atoms with van der Waals surface area (Å²) in [5.41, 5.74) is 5.79. The van der Waals surface area contributed by atoms with E-state index in [4.69, 9.17) is 0 Å². The molecule has 1 aromatic carbocycles. The van der Waals surface area contributed by atoms with Crippen LogP contribution in [0.4, 0.5) is 0 Å². The van der Waals surface area contributed by atoms with Crippen LogP contribution in [0.2, 0.25) is 0 Å². The maximum absolute atomic E-state index is 2.35. The number of rotatable bonds is 1. The first kappa shape index (κ1) is 10.6. The normalized spacial score (nSPS) is 11.3. The third kappa shape index (κ3) is 1.48. The molecular weight excluding hydrogens is 202 g/mol. The molecule has 0 fully saturated rings. The minimum Gasteiger partial charge on any atom is -0.189 e. The van der Waals surface area contributed by atoms with Crippen LogP contribution in [0.3, 0.4) is 0 Å². The Morgan fingerprint density at radius 2 is 1.87 bits per heavy atom. The van der Waals surface area contributed by atoms with Gasteiger partial charge in [-0.3, -0.25) is 0 Å². The van der Waals surface area contributed by atoms with Crippen LogP contribution in [-0.2, 0) is 13.5 Å². The fourth-order valence-corrected chi connectivity index (χ4v) is 3.21. The molecular formula is C13H18NS+. The van der Waals surface area contributed by atoms with Gasteiger partial charge in [-0.2, -0.15) is 4.57 Å². The Bertz CT molecular complexity index is 523. The number of aryl methyl sites for hydroxylation is 4. The molecule has 1 aromatic heterocycles. The second-order valence-corrected chi connectivity index (χ2v) is 5.37. The first-order valence-electron chi connectivity index (χ1n) is 5.44. The largest absolute Gasteiger partial charge is 0.234 e. The molecule has 0 saturated heterocycles. The van der Waals surface area contributed by atoms with Crippen molar-refractivity contribution in [2.75, 3.05) is 0 Å². The highest BCUT2D eigenvalue weighted by Gasteiger charge is 2.17. The van der Waals surface area contributed by atoms with E-state index in [0.29, 0.717) is 0 Å². The van der Waals surface area contributed by atoms with Crippen molar-refractivity contribution in [2.45, 2.75) is 34.1 Å². The van der Waals surface area contributed by atoms with Gasteiger partial charge in [0.05, 0.1) is 0 Å². The number of aromatic nitrogens is 1. The molecule has 0 atom stereocenters. The molecule has 2 rings (SSSR count). The Hall–Kier alpha value is -0.890. The van der Waals surface area contributed by atoms with E-state index in [-0.39, 0.29) is 0 Å². The van der Waals surface area contributed by atoms with E-state index < -0.39 is 0 Å². The highest BCUT2D eigenvalue weighted by molar-refractivity contribution is 7.18. The summed E-state index contributed by atoms with van der Waals surface area (Å²) < 4.78 is 3.75. The predicted octanol–water partition coefficient (Wildman–Crippen LogP) is 3.21. The van der Waals surface area contributed by atoms with E-state index in [1.165, 1.54) is 31.9 Å². The molecule has 2 aromatic rings. The van der Waals surface area contributed by atoms with Crippen LogP contribution in [0.1, 0.15) is 28.6 Å². The molecule has 0 saturated carbocycles. The van der Waals surface area contributed by atoms with Crippen LogP contribution < -0.4 is 4.57 Å². The Labute approximate surface area is 95.4 Å². The van der Waals surface area contributed by atoms with E-state index in [2.05, 4.69) is 45.4 Å². The zero-order valence-corrected chi connectivity index (χ0v) is 11.0. The molecule has 0 aliphatic rings. The summed E-state index contributed by atoms with van der Waals surface area (Å²) in [6, 6.07) is 2.35. The fraction of sp³-hybridized carbons (Fsp3) is 0.462. The summed E-state index contributed by atoms with van der Waals surface area (Å²) in [6.07, 6.45) is 1.12. The SMILES string of the molecule is CCc1cc2c(sc(C)[n+]2C)c(C)c1C. The highest BCUT2D eigenvalue weighted by Crippen LogP contribution is 2.28. The van der Waals surface area contributed by atoms with Crippen molar-refractivity contribution in [3.05, 3.63) is 27.8 Å². The lowest BCUT2D eigenvalue weighted by Crippen LogP contribution is -2.28. The highest BCUT2D eigenvalue weighted by atomic mass is 32.1. The third-order valence-electron chi connectivity index (χ3n) is 3.39. The predicted molar refractivity (Wildman–Crippen MR) is 66.6 cm³/mol. The molecule has 15 heavy (non-hydrogen) atoms. The average Bonchev–Trinajstić information content (AvgIpc) is 2.50. The van der Waals surface area contributed by atoms with E-state index in [0.717, 1.165) is 6.42 Å². The topological polar surface area (TPSA) is 3.88 Å². The summed E-state index contributed by atoms with van der Waals surface area (Å²) >= 11 is 1.90. The van der Waals surface area contributed by atoms with Crippen LogP contribution in [0.5, 0.6) is 0 Å². The molecule has 1 heterocycles. The van der Waals surface area contributed by atoms with Crippen molar-refractivity contribution >= 4 is 21.6 Å². The number of nitrogens with zero attached hydrogens (tertiary/aromatic N) is 1. The summed E-state index contributed by atoms with van der Waals surface area (Å²) in [4.78, 5) is 0. The Balaban J connectivity index is 2.90. The van der Waals surface area contributed by atoms with Gasteiger partial charge in [0, 0.05) is 13.0 Å². The minimum atomic E-state index is 1.12. The fourth-order valence-electron chi connectivity index (χ4n) is 2.07. The summed E-state index contributed by atoms with van der Waals surface area (Å²) in [5, 5.41) is 1.38. The smallest absolute Gasteiger partial charge is 0.189 e. The van der Waals surface area contributed by atoms with Crippen LogP contribution in [0.15, 0.2) is 6.07 Å². The van der Waals surface area contributed by atoms with E-state index in [1.54, 1.807) is 0 Å². The van der Waals surface area contributed by atoms with Gasteiger partial charge >= 0.3 is 0 Å². The van der Waals surface area contributed by atoms with E-state index >= 15 is 0 Å². The Morgan fingerprint density at radius 3 is 2.47 bits per heavy atom. The van der Waals surface area contributed by atoms with E-state index in [1.807, 2.05) is 11.3 Å². The number of hydrogen-bond acceptors (Lipinski definition) is 1. The molecule has 1 nitrogen and oxygen atoms in total. The molecule has 0 radical (unpaired) electrons. The lowest BCUT2D eigenvalue weighted by molar-refractivity contribution is -0.646. The van der Waals surface area contributed by atoms with Crippen molar-refractivity contribution < 1.29 is 4.57 Å². The van der Waals surface area contributed by atoms with Crippen molar-refractivity contribution in [3.63, 3.8) is 0 Å². The van der Waals surface area contributed by atoms with E-state index in [9.17, 15) is 0 Å². The summed E-state index contributed by atoms with van der Waals surface area (Å²) in [5.74, 6) is 0. The van der Waals surface area contributed by atoms with Gasteiger partial charge in [-0.25, -0.2) is 0 Å². The zero-order chi connectivity index (χ0) is 11.2. The quantitative estimate of drug-likeness (QED) is 0.650. The first-order valence-corrected chi connectivity index (χ1v) is 6.26. The molecule has 0 bridgehead atoms. The molecule has 80 valence electrons. The standard InChI is InChI=1S/C13H18NS/c1-6-11-7-12-13(9(3)8(11)2)15-10(4)14(12)5/h7H,6H2,1-5H3/q+1. The molecule has 0 N–H and O–H groups in total. The van der Waals surface area contributed by atoms with Crippen LogP contribution in [0.25, 0.3) is 10.2 Å². The van der Waals surface area contributed by atoms with Gasteiger partial charge in [0.2, 0.25) is 10.5 Å². The van der Waals surface area contributed by atoms with Gasteiger partial charge < -0.3 is 0 Å². The van der Waals surface area contributed by atoms with Crippen molar-refractivity contribution in [1.29, 1.82) is 0 Å². The van der Waals surface area contributed by atoms with Gasteiger partial charge in [-0.15, -0.1) is 0 Å². The average molecular weight is 220 g/mol. The molecule has 0 unspecified atom stereocenters. The monoisotopic (exact) mass is 220 g/mol. The maximum atomic E-state index is 2.35. The van der Waals surface area contributed by atoms with Gasteiger partial charge in [-0.05, 0) is 37.0 Å². The molecule has 0 aliphatic carbocycles. The minimum absolute atomic E-state index is 1.12. The second-order valence-electron chi connectivity index (χ2n) is 4.17. The molecule has 0 spiro atoms. The van der Waals surface area contributed by atoms with Crippen molar-refractivity contribution in [3.8, 4) is 0 Å². The van der Waals surface area contributed by atoms with Crippen LogP contribution >= 0.6 is 11.3 Å². The Kier molecular flexibility index (Phi) is 2.55. The van der Waals surface area contributed by atoms with Crippen molar-refractivity contribution in [2.24, 2.45) is 7.05 Å². The third-order valence-corrected chi connectivity index (χ3v) is 4.68. The number of benzene rings is 1. The molecule has 0 amide bonds. The summed E-state index contributed by atoms with van der Waals surface area (Å²) in [7, 11) is 2.16. The lowest BCUT2D eigenvalue weighted by Gasteiger charge is -2.05. The van der Waals surface area contributed by atoms with Gasteiger partial charge in [-0.1, -0.05) is 18.3 Å². The van der Waals surface area contributed by atoms with Gasteiger partial charge in [0.25, 0.3) is 0 Å². The number of thiazole rings is 1. The second kappa shape index (κ2) is 3.60. The van der Waals surface area contributed by atoms with Crippen LogP contribution in [-0.4, -0.2) is 0 Å². The molecule has 2 heteroatoms.